The third kappa shape index (κ3) is 4.45. The van der Waals surface area contributed by atoms with Crippen molar-refractivity contribution in [2.45, 2.75) is 43.9 Å². The number of morpholine rings is 1. The molecule has 0 bridgehead atoms. The summed E-state index contributed by atoms with van der Waals surface area (Å²) in [6.07, 6.45) is 5.82. The molecule has 6 nitrogen and oxygen atoms in total. The summed E-state index contributed by atoms with van der Waals surface area (Å²) in [4.78, 5) is 12.6. The predicted molar refractivity (Wildman–Crippen MR) is 97.6 cm³/mol. The molecule has 1 saturated carbocycles. The highest BCUT2D eigenvalue weighted by Gasteiger charge is 2.28. The molecule has 2 aliphatic rings. The monoisotopic (exact) mass is 381 g/mol. The lowest BCUT2D eigenvalue weighted by Gasteiger charge is -2.26. The van der Waals surface area contributed by atoms with Gasteiger partial charge in [-0.05, 0) is 43.4 Å². The van der Waals surface area contributed by atoms with Crippen LogP contribution in [0, 0.1) is 12.8 Å². The summed E-state index contributed by atoms with van der Waals surface area (Å²) < 4.78 is 37.9. The van der Waals surface area contributed by atoms with Crippen molar-refractivity contribution in [1.82, 2.24) is 4.31 Å². The van der Waals surface area contributed by atoms with E-state index in [4.69, 9.17) is 9.47 Å². The second-order valence-electron chi connectivity index (χ2n) is 7.10. The second-order valence-corrected chi connectivity index (χ2v) is 9.01. The summed E-state index contributed by atoms with van der Waals surface area (Å²) in [7, 11) is -3.64. The number of hydrogen-bond donors (Lipinski definition) is 0. The average Bonchev–Trinajstić information content (AvgIpc) is 2.68. The summed E-state index contributed by atoms with van der Waals surface area (Å²) in [5.41, 5.74) is 0.915. The normalized spacial score (nSPS) is 20.0. The average molecular weight is 381 g/mol. The van der Waals surface area contributed by atoms with Crippen LogP contribution in [-0.4, -0.2) is 51.6 Å². The molecular formula is C19H27NO5S. The predicted octanol–water partition coefficient (Wildman–Crippen LogP) is 2.75. The molecule has 2 fully saturated rings. The molecule has 1 heterocycles. The van der Waals surface area contributed by atoms with Gasteiger partial charge in [-0.3, -0.25) is 0 Å². The van der Waals surface area contributed by atoms with Gasteiger partial charge in [0.2, 0.25) is 10.0 Å². The molecule has 1 aliphatic heterocycles. The van der Waals surface area contributed by atoms with Gasteiger partial charge in [-0.15, -0.1) is 0 Å². The first-order valence-corrected chi connectivity index (χ1v) is 10.8. The fourth-order valence-corrected chi connectivity index (χ4v) is 5.22. The minimum absolute atomic E-state index is 0.173. The number of carbonyl (C=O) groups is 1. The zero-order chi connectivity index (χ0) is 18.6. The SMILES string of the molecule is Cc1ccc(C(=O)OCC2CCCCC2)cc1S(=O)(=O)N1CCOCC1. The molecule has 0 spiro atoms. The van der Waals surface area contributed by atoms with Gasteiger partial charge >= 0.3 is 5.97 Å². The first kappa shape index (κ1) is 19.3. The Morgan fingerprint density at radius 1 is 1.19 bits per heavy atom. The summed E-state index contributed by atoms with van der Waals surface area (Å²) >= 11 is 0. The van der Waals surface area contributed by atoms with E-state index in [2.05, 4.69) is 0 Å². The molecule has 1 saturated heterocycles. The second kappa shape index (κ2) is 8.50. The smallest absolute Gasteiger partial charge is 0.338 e. The molecule has 1 aromatic rings. The van der Waals surface area contributed by atoms with Crippen LogP contribution >= 0.6 is 0 Å². The van der Waals surface area contributed by atoms with E-state index in [-0.39, 0.29) is 4.90 Å². The number of ether oxygens (including phenoxy) is 2. The first-order valence-electron chi connectivity index (χ1n) is 9.34. The quantitative estimate of drug-likeness (QED) is 0.734. The molecule has 0 radical (unpaired) electrons. The zero-order valence-corrected chi connectivity index (χ0v) is 16.1. The molecule has 7 heteroatoms. The highest BCUT2D eigenvalue weighted by molar-refractivity contribution is 7.89. The third-order valence-electron chi connectivity index (χ3n) is 5.19. The minimum atomic E-state index is -3.64. The Morgan fingerprint density at radius 2 is 1.88 bits per heavy atom. The van der Waals surface area contributed by atoms with Crippen molar-refractivity contribution in [2.24, 2.45) is 5.92 Å². The van der Waals surface area contributed by atoms with Gasteiger partial charge < -0.3 is 9.47 Å². The Balaban J connectivity index is 1.73. The Labute approximate surface area is 155 Å². The van der Waals surface area contributed by atoms with Crippen molar-refractivity contribution in [3.63, 3.8) is 0 Å². The molecule has 0 unspecified atom stereocenters. The van der Waals surface area contributed by atoms with Crippen LogP contribution in [0.15, 0.2) is 23.1 Å². The Morgan fingerprint density at radius 3 is 2.58 bits per heavy atom. The molecule has 0 amide bonds. The van der Waals surface area contributed by atoms with Crippen molar-refractivity contribution < 1.29 is 22.7 Å². The van der Waals surface area contributed by atoms with Gasteiger partial charge in [-0.25, -0.2) is 13.2 Å². The number of nitrogens with zero attached hydrogens (tertiary/aromatic N) is 1. The molecular weight excluding hydrogens is 354 g/mol. The van der Waals surface area contributed by atoms with Gasteiger partial charge in [0.15, 0.2) is 0 Å². The molecule has 3 rings (SSSR count). The van der Waals surface area contributed by atoms with E-state index in [0.717, 1.165) is 12.8 Å². The van der Waals surface area contributed by atoms with Crippen LogP contribution in [0.2, 0.25) is 0 Å². The molecule has 0 aromatic heterocycles. The number of rotatable bonds is 5. The number of esters is 1. The van der Waals surface area contributed by atoms with Gasteiger partial charge in [-0.1, -0.05) is 25.3 Å². The fraction of sp³-hybridized carbons (Fsp3) is 0.632. The minimum Gasteiger partial charge on any atom is -0.462 e. The van der Waals surface area contributed by atoms with E-state index in [1.165, 1.54) is 29.6 Å². The standard InChI is InChI=1S/C19H27NO5S/c1-15-7-8-17(19(21)25-14-16-5-3-2-4-6-16)13-18(15)26(22,23)20-9-11-24-12-10-20/h7-8,13,16H,2-6,9-12,14H2,1H3. The van der Waals surface area contributed by atoms with Crippen LogP contribution in [0.25, 0.3) is 0 Å². The Bertz CT molecular complexity index is 734. The summed E-state index contributed by atoms with van der Waals surface area (Å²) in [5, 5.41) is 0. The number of hydrogen-bond acceptors (Lipinski definition) is 5. The number of benzene rings is 1. The Hall–Kier alpha value is -1.44. The van der Waals surface area contributed by atoms with Gasteiger partial charge in [0.25, 0.3) is 0 Å². The van der Waals surface area contributed by atoms with Crippen LogP contribution in [0.3, 0.4) is 0 Å². The van der Waals surface area contributed by atoms with Crippen molar-refractivity contribution in [3.8, 4) is 0 Å². The van der Waals surface area contributed by atoms with Crippen LogP contribution in [0.1, 0.15) is 48.0 Å². The van der Waals surface area contributed by atoms with E-state index in [1.807, 2.05) is 0 Å². The van der Waals surface area contributed by atoms with Crippen LogP contribution < -0.4 is 0 Å². The third-order valence-corrected chi connectivity index (χ3v) is 7.23. The molecule has 1 aromatic carbocycles. The Kier molecular flexibility index (Phi) is 6.32. The number of carbonyl (C=O) groups excluding carboxylic acids is 1. The molecule has 144 valence electrons. The lowest BCUT2D eigenvalue weighted by molar-refractivity contribution is 0.0410. The van der Waals surface area contributed by atoms with E-state index >= 15 is 0 Å². The highest BCUT2D eigenvalue weighted by atomic mass is 32.2. The number of aryl methyl sites for hydroxylation is 1. The van der Waals surface area contributed by atoms with E-state index in [0.29, 0.717) is 50.0 Å². The van der Waals surface area contributed by atoms with Crippen LogP contribution in [0.5, 0.6) is 0 Å². The van der Waals surface area contributed by atoms with Crippen molar-refractivity contribution >= 4 is 16.0 Å². The topological polar surface area (TPSA) is 72.9 Å². The van der Waals surface area contributed by atoms with Gasteiger partial charge in [0, 0.05) is 13.1 Å². The van der Waals surface area contributed by atoms with E-state index in [9.17, 15) is 13.2 Å². The van der Waals surface area contributed by atoms with Crippen LogP contribution in [0.4, 0.5) is 0 Å². The maximum atomic E-state index is 12.9. The molecule has 0 atom stereocenters. The van der Waals surface area contributed by atoms with E-state index in [1.54, 1.807) is 19.1 Å². The largest absolute Gasteiger partial charge is 0.462 e. The summed E-state index contributed by atoms with van der Waals surface area (Å²) in [6, 6.07) is 4.75. The highest BCUT2D eigenvalue weighted by Crippen LogP contribution is 2.25. The van der Waals surface area contributed by atoms with Crippen molar-refractivity contribution in [3.05, 3.63) is 29.3 Å². The molecule has 26 heavy (non-hydrogen) atoms. The van der Waals surface area contributed by atoms with E-state index < -0.39 is 16.0 Å². The van der Waals surface area contributed by atoms with Gasteiger partial charge in [-0.2, -0.15) is 4.31 Å². The molecule has 0 N–H and O–H groups in total. The molecule has 1 aliphatic carbocycles. The lowest BCUT2D eigenvalue weighted by atomic mass is 9.90. The van der Waals surface area contributed by atoms with Gasteiger partial charge in [0.1, 0.15) is 0 Å². The first-order chi connectivity index (χ1) is 12.5. The maximum Gasteiger partial charge on any atom is 0.338 e. The lowest BCUT2D eigenvalue weighted by Crippen LogP contribution is -2.40. The maximum absolute atomic E-state index is 12.9. The summed E-state index contributed by atoms with van der Waals surface area (Å²) in [6.45, 7) is 3.60. The number of sulfonamides is 1. The summed E-state index contributed by atoms with van der Waals surface area (Å²) in [5.74, 6) is -0.0243. The fourth-order valence-electron chi connectivity index (χ4n) is 3.56. The zero-order valence-electron chi connectivity index (χ0n) is 15.3. The van der Waals surface area contributed by atoms with Crippen molar-refractivity contribution in [1.29, 1.82) is 0 Å². The van der Waals surface area contributed by atoms with Crippen LogP contribution in [-0.2, 0) is 19.5 Å². The van der Waals surface area contributed by atoms with Crippen molar-refractivity contribution in [2.75, 3.05) is 32.9 Å². The van der Waals surface area contributed by atoms with Gasteiger partial charge in [0.05, 0.1) is 30.3 Å².